The molecule has 0 aliphatic heterocycles. The molecule has 0 radical (unpaired) electrons. The standard InChI is InChI=1S/C20H18O6/c1-12(21)19(15-7-5-4-6-8-15)20(24)17-10-9-16(25-13(2)22)11-18(17)26-14(3)23/h4-11,19H,1-3H3/t19-/m0/s1. The second-order valence-corrected chi connectivity index (χ2v) is 5.66. The maximum atomic E-state index is 13.0. The molecule has 0 saturated heterocycles. The molecule has 0 bridgehead atoms. The number of carbonyl (C=O) groups excluding carboxylic acids is 4. The van der Waals surface area contributed by atoms with Gasteiger partial charge in [-0.25, -0.2) is 0 Å². The maximum absolute atomic E-state index is 13.0. The predicted molar refractivity (Wildman–Crippen MR) is 93.3 cm³/mol. The lowest BCUT2D eigenvalue weighted by atomic mass is 9.87. The first-order chi connectivity index (χ1) is 12.3. The summed E-state index contributed by atoms with van der Waals surface area (Å²) in [4.78, 5) is 47.6. The highest BCUT2D eigenvalue weighted by Gasteiger charge is 2.29. The van der Waals surface area contributed by atoms with Crippen LogP contribution in [0.25, 0.3) is 0 Å². The number of ketones is 2. The van der Waals surface area contributed by atoms with E-state index in [1.165, 1.54) is 39.0 Å². The Labute approximate surface area is 150 Å². The van der Waals surface area contributed by atoms with Gasteiger partial charge in [-0.05, 0) is 24.6 Å². The van der Waals surface area contributed by atoms with Crippen molar-refractivity contribution in [1.82, 2.24) is 0 Å². The van der Waals surface area contributed by atoms with Gasteiger partial charge < -0.3 is 9.47 Å². The van der Waals surface area contributed by atoms with Gasteiger partial charge in [0.05, 0.1) is 5.56 Å². The van der Waals surface area contributed by atoms with Crippen molar-refractivity contribution in [2.75, 3.05) is 0 Å². The van der Waals surface area contributed by atoms with Crippen LogP contribution in [0, 0.1) is 0 Å². The number of ether oxygens (including phenoxy) is 2. The molecule has 0 aliphatic rings. The zero-order valence-corrected chi connectivity index (χ0v) is 14.6. The first-order valence-corrected chi connectivity index (χ1v) is 7.90. The van der Waals surface area contributed by atoms with Crippen LogP contribution in [0.2, 0.25) is 0 Å². The van der Waals surface area contributed by atoms with E-state index in [0.717, 1.165) is 0 Å². The van der Waals surface area contributed by atoms with E-state index in [4.69, 9.17) is 9.47 Å². The molecule has 0 aromatic heterocycles. The van der Waals surface area contributed by atoms with Crippen molar-refractivity contribution in [2.45, 2.75) is 26.7 Å². The third-order valence-electron chi connectivity index (χ3n) is 3.54. The summed E-state index contributed by atoms with van der Waals surface area (Å²) in [6, 6.07) is 12.7. The molecule has 6 nitrogen and oxygen atoms in total. The van der Waals surface area contributed by atoms with E-state index < -0.39 is 23.6 Å². The SMILES string of the molecule is CC(=O)Oc1ccc(C(=O)[C@@H](C(C)=O)c2ccccc2)c(OC(C)=O)c1. The first kappa shape index (κ1) is 19.1. The Morgan fingerprint density at radius 1 is 0.808 bits per heavy atom. The number of Topliss-reactive ketones (excluding diaryl/α,β-unsaturated/α-hetero) is 2. The second-order valence-electron chi connectivity index (χ2n) is 5.66. The minimum absolute atomic E-state index is 0.0557. The highest BCUT2D eigenvalue weighted by Crippen LogP contribution is 2.31. The Hall–Kier alpha value is -3.28. The van der Waals surface area contributed by atoms with Crippen LogP contribution in [-0.4, -0.2) is 23.5 Å². The van der Waals surface area contributed by atoms with Crippen molar-refractivity contribution in [1.29, 1.82) is 0 Å². The predicted octanol–water partition coefficient (Wildman–Crippen LogP) is 3.09. The van der Waals surface area contributed by atoms with E-state index in [-0.39, 0.29) is 22.8 Å². The van der Waals surface area contributed by atoms with Gasteiger partial charge in [-0.3, -0.25) is 19.2 Å². The summed E-state index contributed by atoms with van der Waals surface area (Å²) in [6.07, 6.45) is 0. The van der Waals surface area contributed by atoms with E-state index >= 15 is 0 Å². The monoisotopic (exact) mass is 354 g/mol. The largest absolute Gasteiger partial charge is 0.427 e. The van der Waals surface area contributed by atoms with Gasteiger partial charge in [-0.2, -0.15) is 0 Å². The van der Waals surface area contributed by atoms with E-state index in [2.05, 4.69) is 0 Å². The van der Waals surface area contributed by atoms with Crippen molar-refractivity contribution in [3.05, 3.63) is 59.7 Å². The van der Waals surface area contributed by atoms with Crippen LogP contribution >= 0.6 is 0 Å². The zero-order valence-electron chi connectivity index (χ0n) is 14.6. The van der Waals surface area contributed by atoms with Gasteiger partial charge in [-0.15, -0.1) is 0 Å². The fourth-order valence-corrected chi connectivity index (χ4v) is 2.55. The van der Waals surface area contributed by atoms with Crippen LogP contribution in [0.3, 0.4) is 0 Å². The highest BCUT2D eigenvalue weighted by atomic mass is 16.5. The normalized spacial score (nSPS) is 11.3. The zero-order chi connectivity index (χ0) is 19.3. The first-order valence-electron chi connectivity index (χ1n) is 7.90. The summed E-state index contributed by atoms with van der Waals surface area (Å²) in [5, 5.41) is 0. The molecule has 0 saturated carbocycles. The molecule has 2 aromatic rings. The minimum Gasteiger partial charge on any atom is -0.427 e. The molecular formula is C20H18O6. The number of hydrogen-bond donors (Lipinski definition) is 0. The van der Waals surface area contributed by atoms with Crippen LogP contribution in [-0.2, 0) is 14.4 Å². The molecule has 1 atom stereocenters. The van der Waals surface area contributed by atoms with Crippen molar-refractivity contribution in [3.8, 4) is 11.5 Å². The average molecular weight is 354 g/mol. The Balaban J connectivity index is 2.49. The highest BCUT2D eigenvalue weighted by molar-refractivity contribution is 6.15. The van der Waals surface area contributed by atoms with Gasteiger partial charge in [0.15, 0.2) is 5.78 Å². The number of benzene rings is 2. The van der Waals surface area contributed by atoms with Gasteiger partial charge >= 0.3 is 11.9 Å². The van der Waals surface area contributed by atoms with Gasteiger partial charge in [0.1, 0.15) is 23.2 Å². The van der Waals surface area contributed by atoms with Gasteiger partial charge in [0.2, 0.25) is 0 Å². The van der Waals surface area contributed by atoms with Gasteiger partial charge in [0.25, 0.3) is 0 Å². The molecule has 0 aliphatic carbocycles. The minimum atomic E-state index is -1.02. The van der Waals surface area contributed by atoms with Crippen LogP contribution in [0.5, 0.6) is 11.5 Å². The molecule has 134 valence electrons. The Morgan fingerprint density at radius 3 is 1.96 bits per heavy atom. The summed E-state index contributed by atoms with van der Waals surface area (Å²) in [7, 11) is 0. The number of esters is 2. The Kier molecular flexibility index (Phi) is 6.01. The lowest BCUT2D eigenvalue weighted by Crippen LogP contribution is -2.21. The average Bonchev–Trinajstić information content (AvgIpc) is 2.54. The molecule has 0 fully saturated rings. The maximum Gasteiger partial charge on any atom is 0.308 e. The smallest absolute Gasteiger partial charge is 0.308 e. The van der Waals surface area contributed by atoms with Crippen molar-refractivity contribution in [2.24, 2.45) is 0 Å². The molecule has 6 heteroatoms. The van der Waals surface area contributed by atoms with Crippen molar-refractivity contribution in [3.63, 3.8) is 0 Å². The van der Waals surface area contributed by atoms with E-state index in [1.807, 2.05) is 0 Å². The fourth-order valence-electron chi connectivity index (χ4n) is 2.55. The van der Waals surface area contributed by atoms with Crippen LogP contribution in [0.15, 0.2) is 48.5 Å². The van der Waals surface area contributed by atoms with Crippen LogP contribution in [0.1, 0.15) is 42.6 Å². The fraction of sp³-hybridized carbons (Fsp3) is 0.200. The summed E-state index contributed by atoms with van der Waals surface area (Å²) in [5.74, 6) is -2.99. The third-order valence-corrected chi connectivity index (χ3v) is 3.54. The molecule has 0 heterocycles. The number of rotatable bonds is 6. The summed E-state index contributed by atoms with van der Waals surface area (Å²) < 4.78 is 10.0. The Morgan fingerprint density at radius 2 is 1.42 bits per heavy atom. The topological polar surface area (TPSA) is 86.7 Å². The number of carbonyl (C=O) groups is 4. The summed E-state index contributed by atoms with van der Waals surface area (Å²) in [5.41, 5.74) is 0.600. The van der Waals surface area contributed by atoms with E-state index in [9.17, 15) is 19.2 Å². The van der Waals surface area contributed by atoms with Gasteiger partial charge in [-0.1, -0.05) is 30.3 Å². The molecule has 0 unspecified atom stereocenters. The lowest BCUT2D eigenvalue weighted by Gasteiger charge is -2.16. The third kappa shape index (κ3) is 4.63. The Bertz CT molecular complexity index is 854. The number of hydrogen-bond acceptors (Lipinski definition) is 6. The van der Waals surface area contributed by atoms with Crippen LogP contribution in [0.4, 0.5) is 0 Å². The lowest BCUT2D eigenvalue weighted by molar-refractivity contribution is -0.132. The molecule has 0 N–H and O–H groups in total. The quantitative estimate of drug-likeness (QED) is 0.343. The summed E-state index contributed by atoms with van der Waals surface area (Å²) in [6.45, 7) is 3.74. The summed E-state index contributed by atoms with van der Waals surface area (Å²) >= 11 is 0. The molecule has 2 rings (SSSR count). The van der Waals surface area contributed by atoms with E-state index in [0.29, 0.717) is 5.56 Å². The van der Waals surface area contributed by atoms with Crippen molar-refractivity contribution < 1.29 is 28.7 Å². The molecular weight excluding hydrogens is 336 g/mol. The van der Waals surface area contributed by atoms with Gasteiger partial charge in [0, 0.05) is 19.9 Å². The molecule has 26 heavy (non-hydrogen) atoms. The molecule has 2 aromatic carbocycles. The van der Waals surface area contributed by atoms with Crippen molar-refractivity contribution >= 4 is 23.5 Å². The molecule has 0 amide bonds. The molecule has 0 spiro atoms. The second kappa shape index (κ2) is 8.20. The van der Waals surface area contributed by atoms with E-state index in [1.54, 1.807) is 30.3 Å². The van der Waals surface area contributed by atoms with Crippen LogP contribution < -0.4 is 9.47 Å².